The van der Waals surface area contributed by atoms with Crippen LogP contribution in [-0.4, -0.2) is 42.4 Å². The van der Waals surface area contributed by atoms with Gasteiger partial charge in [-0.05, 0) is 23.3 Å². The van der Waals surface area contributed by atoms with Crippen LogP contribution in [0.4, 0.5) is 0 Å². The third-order valence-electron chi connectivity index (χ3n) is 3.78. The minimum atomic E-state index is -0.453. The highest BCUT2D eigenvalue weighted by Gasteiger charge is 2.35. The van der Waals surface area contributed by atoms with Crippen molar-refractivity contribution in [2.24, 2.45) is 0 Å². The van der Waals surface area contributed by atoms with Crippen LogP contribution in [0.1, 0.15) is 16.4 Å². The van der Waals surface area contributed by atoms with Crippen LogP contribution in [0, 0.1) is 11.3 Å². The van der Waals surface area contributed by atoms with Crippen LogP contribution in [0.3, 0.4) is 0 Å². The van der Waals surface area contributed by atoms with E-state index >= 15 is 0 Å². The fourth-order valence-corrected chi connectivity index (χ4v) is 3.98. The number of benzene rings is 1. The summed E-state index contributed by atoms with van der Waals surface area (Å²) >= 11 is 1.68. The Kier molecular flexibility index (Phi) is 3.95. The highest BCUT2D eigenvalue weighted by atomic mass is 32.2. The molecule has 0 saturated carbocycles. The third kappa shape index (κ3) is 2.41. The second kappa shape index (κ2) is 5.86. The van der Waals surface area contributed by atoms with E-state index < -0.39 is 6.04 Å². The van der Waals surface area contributed by atoms with Gasteiger partial charge in [-0.2, -0.15) is 5.26 Å². The molecule has 104 valence electrons. The summed E-state index contributed by atoms with van der Waals surface area (Å²) in [5.41, 5.74) is 2.36. The fourth-order valence-electron chi connectivity index (χ4n) is 2.72. The Balaban J connectivity index is 1.86. The first-order valence-electron chi connectivity index (χ1n) is 6.78. The maximum atomic E-state index is 12.8. The molecule has 0 bridgehead atoms. The molecule has 1 amide bonds. The topological polar surface area (TPSA) is 53.3 Å². The van der Waals surface area contributed by atoms with Gasteiger partial charge in [0.25, 0.3) is 0 Å². The van der Waals surface area contributed by atoms with Crippen molar-refractivity contribution in [3.63, 3.8) is 0 Å². The van der Waals surface area contributed by atoms with E-state index in [9.17, 15) is 10.1 Å². The number of morpholine rings is 1. The molecule has 0 radical (unpaired) electrons. The van der Waals surface area contributed by atoms with Gasteiger partial charge in [0.2, 0.25) is 5.91 Å². The minimum Gasteiger partial charge on any atom is -0.376 e. The van der Waals surface area contributed by atoms with Gasteiger partial charge in [-0.3, -0.25) is 4.79 Å². The van der Waals surface area contributed by atoms with Gasteiger partial charge in [-0.1, -0.05) is 24.3 Å². The van der Waals surface area contributed by atoms with Crippen molar-refractivity contribution in [1.29, 1.82) is 5.26 Å². The van der Waals surface area contributed by atoms with Crippen LogP contribution in [0.15, 0.2) is 24.3 Å². The SMILES string of the molecule is N#CC1COCCN1C(=O)C1SCCc2ccccc21. The van der Waals surface area contributed by atoms with Gasteiger partial charge in [0.1, 0.15) is 11.3 Å². The number of rotatable bonds is 1. The maximum absolute atomic E-state index is 12.8. The molecule has 0 aromatic heterocycles. The molecule has 2 unspecified atom stereocenters. The molecule has 1 aromatic rings. The molecule has 0 N–H and O–H groups in total. The Labute approximate surface area is 122 Å². The number of carbonyl (C=O) groups is 1. The lowest BCUT2D eigenvalue weighted by Gasteiger charge is -2.35. The highest BCUT2D eigenvalue weighted by Crippen LogP contribution is 2.38. The molecule has 2 aliphatic rings. The number of nitriles is 1. The first kappa shape index (κ1) is 13.5. The quantitative estimate of drug-likeness (QED) is 0.790. The second-order valence-corrected chi connectivity index (χ2v) is 6.16. The monoisotopic (exact) mass is 288 g/mol. The minimum absolute atomic E-state index is 0.0528. The normalized spacial score (nSPS) is 25.6. The summed E-state index contributed by atoms with van der Waals surface area (Å²) in [5, 5.41) is 9.00. The van der Waals surface area contributed by atoms with Crippen LogP contribution in [0.25, 0.3) is 0 Å². The Morgan fingerprint density at radius 3 is 3.15 bits per heavy atom. The van der Waals surface area contributed by atoms with Crippen LogP contribution in [-0.2, 0) is 16.0 Å². The molecule has 0 spiro atoms. The number of aryl methyl sites for hydroxylation is 1. The van der Waals surface area contributed by atoms with Gasteiger partial charge in [0, 0.05) is 6.54 Å². The van der Waals surface area contributed by atoms with Gasteiger partial charge < -0.3 is 9.64 Å². The number of thioether (sulfide) groups is 1. The molecule has 4 nitrogen and oxygen atoms in total. The number of hydrogen-bond acceptors (Lipinski definition) is 4. The van der Waals surface area contributed by atoms with Crippen molar-refractivity contribution in [3.05, 3.63) is 35.4 Å². The number of amides is 1. The van der Waals surface area contributed by atoms with E-state index in [0.29, 0.717) is 19.8 Å². The van der Waals surface area contributed by atoms with Gasteiger partial charge in [-0.25, -0.2) is 0 Å². The van der Waals surface area contributed by atoms with Gasteiger partial charge in [0.05, 0.1) is 19.3 Å². The number of ether oxygens (including phenoxy) is 1. The lowest BCUT2D eigenvalue weighted by Crippen LogP contribution is -2.49. The maximum Gasteiger partial charge on any atom is 0.241 e. The molecular formula is C15H16N2O2S. The lowest BCUT2D eigenvalue weighted by atomic mass is 10.0. The molecular weight excluding hydrogens is 272 g/mol. The summed E-state index contributed by atoms with van der Waals surface area (Å²) in [4.78, 5) is 14.5. The highest BCUT2D eigenvalue weighted by molar-refractivity contribution is 8.00. The number of fused-ring (bicyclic) bond motifs is 1. The van der Waals surface area contributed by atoms with Crippen molar-refractivity contribution in [3.8, 4) is 6.07 Å². The summed E-state index contributed by atoms with van der Waals surface area (Å²) in [6, 6.07) is 9.84. The molecule has 1 aromatic carbocycles. The molecule has 1 fully saturated rings. The first-order chi connectivity index (χ1) is 9.81. The molecule has 20 heavy (non-hydrogen) atoms. The van der Waals surface area contributed by atoms with Crippen molar-refractivity contribution in [2.45, 2.75) is 17.7 Å². The first-order valence-corrected chi connectivity index (χ1v) is 7.83. The summed E-state index contributed by atoms with van der Waals surface area (Å²) in [6.45, 7) is 1.35. The average molecular weight is 288 g/mol. The zero-order valence-electron chi connectivity index (χ0n) is 11.1. The molecule has 5 heteroatoms. The summed E-state index contributed by atoms with van der Waals surface area (Å²) in [5.74, 6) is 1.01. The van der Waals surface area contributed by atoms with E-state index in [0.717, 1.165) is 17.7 Å². The molecule has 2 atom stereocenters. The largest absolute Gasteiger partial charge is 0.376 e. The van der Waals surface area contributed by atoms with E-state index in [1.165, 1.54) is 5.56 Å². The van der Waals surface area contributed by atoms with E-state index in [1.54, 1.807) is 16.7 Å². The predicted molar refractivity (Wildman–Crippen MR) is 77.3 cm³/mol. The van der Waals surface area contributed by atoms with Crippen molar-refractivity contribution < 1.29 is 9.53 Å². The van der Waals surface area contributed by atoms with E-state index in [1.807, 2.05) is 18.2 Å². The third-order valence-corrected chi connectivity index (χ3v) is 5.01. The fraction of sp³-hybridized carbons (Fsp3) is 0.467. The Hall–Kier alpha value is -1.51. The van der Waals surface area contributed by atoms with Crippen molar-refractivity contribution in [1.82, 2.24) is 4.90 Å². The number of hydrogen-bond donors (Lipinski definition) is 0. The van der Waals surface area contributed by atoms with Crippen molar-refractivity contribution in [2.75, 3.05) is 25.5 Å². The standard InChI is InChI=1S/C15H16N2O2S/c16-9-12-10-19-7-6-17(12)15(18)14-13-4-2-1-3-11(13)5-8-20-14/h1-4,12,14H,5-8,10H2. The van der Waals surface area contributed by atoms with E-state index in [2.05, 4.69) is 12.1 Å². The Morgan fingerprint density at radius 2 is 2.30 bits per heavy atom. The van der Waals surface area contributed by atoms with E-state index in [4.69, 9.17) is 4.74 Å². The summed E-state index contributed by atoms with van der Waals surface area (Å²) in [6.07, 6.45) is 1.01. The van der Waals surface area contributed by atoms with Crippen molar-refractivity contribution >= 4 is 17.7 Å². The summed E-state index contributed by atoms with van der Waals surface area (Å²) in [7, 11) is 0. The van der Waals surface area contributed by atoms with Gasteiger partial charge >= 0.3 is 0 Å². The van der Waals surface area contributed by atoms with Crippen LogP contribution in [0.5, 0.6) is 0 Å². The smallest absolute Gasteiger partial charge is 0.241 e. The Bertz CT molecular complexity index is 555. The Morgan fingerprint density at radius 1 is 1.45 bits per heavy atom. The van der Waals surface area contributed by atoms with Crippen LogP contribution < -0.4 is 0 Å². The zero-order valence-corrected chi connectivity index (χ0v) is 11.9. The molecule has 2 aliphatic heterocycles. The van der Waals surface area contributed by atoms with Crippen LogP contribution in [0.2, 0.25) is 0 Å². The van der Waals surface area contributed by atoms with Crippen LogP contribution >= 0.6 is 11.8 Å². The molecule has 0 aliphatic carbocycles. The average Bonchev–Trinajstić information content (AvgIpc) is 2.53. The second-order valence-electron chi connectivity index (χ2n) is 4.95. The molecule has 1 saturated heterocycles. The predicted octanol–water partition coefficient (Wildman–Crippen LogP) is 1.77. The number of nitrogens with zero attached hydrogens (tertiary/aromatic N) is 2. The molecule has 2 heterocycles. The van der Waals surface area contributed by atoms with E-state index in [-0.39, 0.29) is 11.2 Å². The number of carbonyl (C=O) groups excluding carboxylic acids is 1. The zero-order chi connectivity index (χ0) is 13.9. The summed E-state index contributed by atoms with van der Waals surface area (Å²) < 4.78 is 5.29. The van der Waals surface area contributed by atoms with Gasteiger partial charge in [0.15, 0.2) is 0 Å². The van der Waals surface area contributed by atoms with Gasteiger partial charge in [-0.15, -0.1) is 11.8 Å². The lowest BCUT2D eigenvalue weighted by molar-refractivity contribution is -0.137. The molecule has 3 rings (SSSR count).